The smallest absolute Gasteiger partial charge is 0.227 e. The lowest BCUT2D eigenvalue weighted by Gasteiger charge is -2.26. The van der Waals surface area contributed by atoms with Gasteiger partial charge in [0.15, 0.2) is 0 Å². The van der Waals surface area contributed by atoms with Crippen LogP contribution in [-0.2, 0) is 17.8 Å². The molecule has 0 aliphatic carbocycles. The predicted octanol–water partition coefficient (Wildman–Crippen LogP) is 0.977. The number of aliphatic hydroxyl groups excluding tert-OH is 1. The van der Waals surface area contributed by atoms with Crippen LogP contribution < -0.4 is 4.90 Å². The zero-order chi connectivity index (χ0) is 12.4. The molecular weight excluding hydrogens is 216 g/mol. The van der Waals surface area contributed by atoms with Gasteiger partial charge in [-0.05, 0) is 30.7 Å². The van der Waals surface area contributed by atoms with Crippen molar-refractivity contribution in [3.63, 3.8) is 0 Å². The van der Waals surface area contributed by atoms with Crippen molar-refractivity contribution in [1.29, 1.82) is 0 Å². The molecule has 0 saturated carbocycles. The van der Waals surface area contributed by atoms with Crippen molar-refractivity contribution in [2.75, 3.05) is 25.7 Å². The molecule has 0 aromatic heterocycles. The summed E-state index contributed by atoms with van der Waals surface area (Å²) >= 11 is 0. The van der Waals surface area contributed by atoms with Gasteiger partial charge in [0.2, 0.25) is 5.91 Å². The Labute approximate surface area is 101 Å². The van der Waals surface area contributed by atoms with E-state index in [0.717, 1.165) is 18.7 Å². The van der Waals surface area contributed by atoms with E-state index < -0.39 is 0 Å². The van der Waals surface area contributed by atoms with Gasteiger partial charge in [0.05, 0.1) is 6.73 Å². The molecule has 2 rings (SSSR count). The largest absolute Gasteiger partial charge is 0.381 e. The summed E-state index contributed by atoms with van der Waals surface area (Å²) in [5.41, 5.74) is 3.40. The molecule has 0 radical (unpaired) electrons. The first kappa shape index (κ1) is 12.1. The molecule has 0 fully saturated rings. The van der Waals surface area contributed by atoms with Crippen molar-refractivity contribution in [1.82, 2.24) is 4.90 Å². The van der Waals surface area contributed by atoms with Crippen LogP contribution in [0, 0.1) is 0 Å². The summed E-state index contributed by atoms with van der Waals surface area (Å²) in [6.45, 7) is 0.775. The lowest BCUT2D eigenvalue weighted by molar-refractivity contribution is -0.118. The summed E-state index contributed by atoms with van der Waals surface area (Å²) in [5.74, 6) is 0.178. The van der Waals surface area contributed by atoms with E-state index in [1.54, 1.807) is 4.90 Å². The van der Waals surface area contributed by atoms with Crippen molar-refractivity contribution in [3.8, 4) is 0 Å². The lowest BCUT2D eigenvalue weighted by Crippen LogP contribution is -2.31. The maximum Gasteiger partial charge on any atom is 0.227 e. The van der Waals surface area contributed by atoms with Crippen LogP contribution in [0.4, 0.5) is 5.69 Å². The molecule has 4 nitrogen and oxygen atoms in total. The highest BCUT2D eigenvalue weighted by molar-refractivity contribution is 5.95. The summed E-state index contributed by atoms with van der Waals surface area (Å²) in [4.78, 5) is 15.1. The molecule has 0 saturated heterocycles. The van der Waals surface area contributed by atoms with Crippen LogP contribution >= 0.6 is 0 Å². The quantitative estimate of drug-likeness (QED) is 0.793. The van der Waals surface area contributed by atoms with E-state index in [4.69, 9.17) is 5.11 Å². The van der Waals surface area contributed by atoms with Gasteiger partial charge in [-0.2, -0.15) is 0 Å². The molecule has 1 aromatic rings. The highest BCUT2D eigenvalue weighted by Gasteiger charge is 2.20. The third kappa shape index (κ3) is 2.48. The van der Waals surface area contributed by atoms with Crippen molar-refractivity contribution in [2.45, 2.75) is 19.4 Å². The number of aliphatic hydroxyl groups is 1. The van der Waals surface area contributed by atoms with Crippen molar-refractivity contribution in [2.24, 2.45) is 0 Å². The van der Waals surface area contributed by atoms with E-state index in [1.165, 1.54) is 11.1 Å². The van der Waals surface area contributed by atoms with Crippen molar-refractivity contribution in [3.05, 3.63) is 29.3 Å². The van der Waals surface area contributed by atoms with Crippen LogP contribution in [0.5, 0.6) is 0 Å². The van der Waals surface area contributed by atoms with Gasteiger partial charge in [-0.25, -0.2) is 0 Å². The van der Waals surface area contributed by atoms with E-state index in [1.807, 2.05) is 31.1 Å². The first-order valence-electron chi connectivity index (χ1n) is 5.79. The summed E-state index contributed by atoms with van der Waals surface area (Å²) in [5, 5.41) is 8.98. The number of aryl methyl sites for hydroxylation is 1. The third-order valence-electron chi connectivity index (χ3n) is 3.18. The fraction of sp³-hybridized carbons (Fsp3) is 0.462. The van der Waals surface area contributed by atoms with Crippen LogP contribution in [0.2, 0.25) is 0 Å². The second-order valence-electron chi connectivity index (χ2n) is 4.57. The SMILES string of the molecule is CN(CO)Cc1ccc2c(c1)CCC(=O)N2C. The van der Waals surface area contributed by atoms with Gasteiger partial charge in [0.1, 0.15) is 0 Å². The Morgan fingerprint density at radius 2 is 2.18 bits per heavy atom. The Balaban J connectivity index is 2.23. The fourth-order valence-corrected chi connectivity index (χ4v) is 2.17. The summed E-state index contributed by atoms with van der Waals surface area (Å²) in [6, 6.07) is 6.14. The Kier molecular flexibility index (Phi) is 3.45. The fourth-order valence-electron chi connectivity index (χ4n) is 2.17. The molecule has 1 heterocycles. The third-order valence-corrected chi connectivity index (χ3v) is 3.18. The van der Waals surface area contributed by atoms with Crippen molar-refractivity contribution >= 4 is 11.6 Å². The van der Waals surface area contributed by atoms with E-state index in [0.29, 0.717) is 6.42 Å². The number of hydrogen-bond donors (Lipinski definition) is 1. The number of amides is 1. The normalized spacial score (nSPS) is 15.3. The lowest BCUT2D eigenvalue weighted by atomic mass is 9.99. The number of benzene rings is 1. The van der Waals surface area contributed by atoms with Gasteiger partial charge in [0.25, 0.3) is 0 Å². The molecule has 1 amide bonds. The summed E-state index contributed by atoms with van der Waals surface area (Å²) in [6.07, 6.45) is 1.40. The molecule has 0 spiro atoms. The van der Waals surface area contributed by atoms with Gasteiger partial charge >= 0.3 is 0 Å². The molecule has 17 heavy (non-hydrogen) atoms. The van der Waals surface area contributed by atoms with Gasteiger partial charge in [-0.3, -0.25) is 9.69 Å². The average molecular weight is 234 g/mol. The van der Waals surface area contributed by atoms with Gasteiger partial charge in [0, 0.05) is 25.7 Å². The first-order chi connectivity index (χ1) is 8.11. The minimum absolute atomic E-state index is 0.0511. The van der Waals surface area contributed by atoms with Crippen molar-refractivity contribution < 1.29 is 9.90 Å². The molecule has 0 atom stereocenters. The van der Waals surface area contributed by atoms with Crippen LogP contribution in [0.1, 0.15) is 17.5 Å². The number of carbonyl (C=O) groups is 1. The zero-order valence-electron chi connectivity index (χ0n) is 10.3. The highest BCUT2D eigenvalue weighted by Crippen LogP contribution is 2.27. The van der Waals surface area contributed by atoms with E-state index in [2.05, 4.69) is 6.07 Å². The Bertz CT molecular complexity index is 431. The Morgan fingerprint density at radius 3 is 2.88 bits per heavy atom. The first-order valence-corrected chi connectivity index (χ1v) is 5.79. The minimum Gasteiger partial charge on any atom is -0.381 e. The number of nitrogens with zero attached hydrogens (tertiary/aromatic N) is 2. The Hall–Kier alpha value is -1.39. The van der Waals surface area contributed by atoms with Crippen LogP contribution in [-0.4, -0.2) is 36.7 Å². The average Bonchev–Trinajstić information content (AvgIpc) is 2.34. The standard InChI is InChI=1S/C13H18N2O2/c1-14(9-16)8-10-3-5-12-11(7-10)4-6-13(17)15(12)2/h3,5,7,16H,4,6,8-9H2,1-2H3. The van der Waals surface area contributed by atoms with Gasteiger partial charge in [-0.1, -0.05) is 12.1 Å². The van der Waals surface area contributed by atoms with Crippen LogP contribution in [0.25, 0.3) is 0 Å². The Morgan fingerprint density at radius 1 is 1.41 bits per heavy atom. The molecule has 0 unspecified atom stereocenters. The summed E-state index contributed by atoms with van der Waals surface area (Å²) in [7, 11) is 3.69. The van der Waals surface area contributed by atoms with Crippen LogP contribution in [0.15, 0.2) is 18.2 Å². The topological polar surface area (TPSA) is 43.8 Å². The molecular formula is C13H18N2O2. The summed E-state index contributed by atoms with van der Waals surface area (Å²) < 4.78 is 0. The number of carbonyl (C=O) groups excluding carboxylic acids is 1. The molecule has 0 bridgehead atoms. The highest BCUT2D eigenvalue weighted by atomic mass is 16.3. The number of fused-ring (bicyclic) bond motifs is 1. The van der Waals surface area contributed by atoms with E-state index in [-0.39, 0.29) is 12.6 Å². The molecule has 92 valence electrons. The minimum atomic E-state index is 0.0511. The monoisotopic (exact) mass is 234 g/mol. The maximum absolute atomic E-state index is 11.6. The molecule has 1 aliphatic heterocycles. The maximum atomic E-state index is 11.6. The zero-order valence-corrected chi connectivity index (χ0v) is 10.3. The predicted molar refractivity (Wildman–Crippen MR) is 66.7 cm³/mol. The van der Waals surface area contributed by atoms with Gasteiger partial charge in [-0.15, -0.1) is 0 Å². The van der Waals surface area contributed by atoms with E-state index in [9.17, 15) is 4.79 Å². The molecule has 1 aliphatic rings. The van der Waals surface area contributed by atoms with E-state index >= 15 is 0 Å². The number of rotatable bonds is 3. The second kappa shape index (κ2) is 4.85. The number of anilines is 1. The second-order valence-corrected chi connectivity index (χ2v) is 4.57. The number of hydrogen-bond acceptors (Lipinski definition) is 3. The molecule has 4 heteroatoms. The molecule has 1 N–H and O–H groups in total. The van der Waals surface area contributed by atoms with Gasteiger partial charge < -0.3 is 10.0 Å². The van der Waals surface area contributed by atoms with Crippen LogP contribution in [0.3, 0.4) is 0 Å². The molecule has 1 aromatic carbocycles.